The summed E-state index contributed by atoms with van der Waals surface area (Å²) in [5, 5.41) is 7.15. The summed E-state index contributed by atoms with van der Waals surface area (Å²) >= 11 is 3.60. The summed E-state index contributed by atoms with van der Waals surface area (Å²) in [7, 11) is 0. The fourth-order valence-corrected chi connectivity index (χ4v) is 10.0. The van der Waals surface area contributed by atoms with E-state index >= 15 is 0 Å². The van der Waals surface area contributed by atoms with Crippen LogP contribution in [-0.4, -0.2) is 19.5 Å². The first-order chi connectivity index (χ1) is 25.3. The van der Waals surface area contributed by atoms with Crippen LogP contribution in [0.1, 0.15) is 0 Å². The SMILES string of the molecule is c1ccc(-n2c3ccccc3c3c(-c4nc(-c5cccc6c5sc5ccccc56)nc(-c5cccc6sc7ccccc7c56)n4)cccc32)cc1. The van der Waals surface area contributed by atoms with Gasteiger partial charge < -0.3 is 4.57 Å². The van der Waals surface area contributed by atoms with E-state index in [1.54, 1.807) is 11.3 Å². The van der Waals surface area contributed by atoms with Crippen LogP contribution in [0.3, 0.4) is 0 Å². The van der Waals surface area contributed by atoms with Gasteiger partial charge in [-0.3, -0.25) is 0 Å². The molecule has 0 amide bonds. The summed E-state index contributed by atoms with van der Waals surface area (Å²) in [6, 6.07) is 55.9. The van der Waals surface area contributed by atoms with Crippen LogP contribution < -0.4 is 0 Å². The number of hydrogen-bond donors (Lipinski definition) is 0. The van der Waals surface area contributed by atoms with Crippen LogP contribution in [0.2, 0.25) is 0 Å². The normalized spacial score (nSPS) is 11.9. The molecule has 4 nitrogen and oxygen atoms in total. The van der Waals surface area contributed by atoms with E-state index < -0.39 is 0 Å². The van der Waals surface area contributed by atoms with Crippen molar-refractivity contribution in [1.29, 1.82) is 0 Å². The molecule has 4 aromatic heterocycles. The number of benzene rings is 7. The van der Waals surface area contributed by atoms with Gasteiger partial charge in [0.15, 0.2) is 17.5 Å². The molecule has 0 saturated heterocycles. The number of hydrogen-bond acceptors (Lipinski definition) is 5. The standard InChI is InChI=1S/C45H26N4S2/c1-2-13-27(14-3-1)49-35-22-7-4-16-30(35)40-32(19-11-23-36(40)49)43-46-44(33-20-12-26-39-41(33)31-17-6-9-25-38(31)50-39)48-45(47-43)34-21-10-18-29-28-15-5-8-24-37(28)51-42(29)34/h1-26H. The molecule has 0 fully saturated rings. The van der Waals surface area contributed by atoms with Crippen LogP contribution in [0, 0.1) is 0 Å². The van der Waals surface area contributed by atoms with Gasteiger partial charge in [0, 0.05) is 73.5 Å². The number of rotatable bonds is 4. The minimum atomic E-state index is 0.659. The van der Waals surface area contributed by atoms with Crippen molar-refractivity contribution in [2.75, 3.05) is 0 Å². The molecule has 0 aliphatic rings. The van der Waals surface area contributed by atoms with Crippen molar-refractivity contribution in [3.05, 3.63) is 158 Å². The van der Waals surface area contributed by atoms with Crippen molar-refractivity contribution in [2.24, 2.45) is 0 Å². The second-order valence-electron chi connectivity index (χ2n) is 12.8. The van der Waals surface area contributed by atoms with E-state index in [0.29, 0.717) is 17.5 Å². The molecular weight excluding hydrogens is 661 g/mol. The van der Waals surface area contributed by atoms with E-state index in [4.69, 9.17) is 15.0 Å². The topological polar surface area (TPSA) is 43.6 Å². The molecular formula is C45H26N4S2. The molecule has 7 aromatic carbocycles. The molecule has 0 spiro atoms. The molecule has 0 saturated carbocycles. The average Bonchev–Trinajstić information content (AvgIpc) is 3.88. The predicted octanol–water partition coefficient (Wildman–Crippen LogP) is 12.7. The van der Waals surface area contributed by atoms with Gasteiger partial charge >= 0.3 is 0 Å². The van der Waals surface area contributed by atoms with Crippen LogP contribution in [-0.2, 0) is 0 Å². The van der Waals surface area contributed by atoms with E-state index in [-0.39, 0.29) is 0 Å². The van der Waals surface area contributed by atoms with Crippen molar-refractivity contribution in [3.8, 4) is 39.9 Å². The Morgan fingerprint density at radius 1 is 0.353 bits per heavy atom. The van der Waals surface area contributed by atoms with Gasteiger partial charge in [0.1, 0.15) is 0 Å². The lowest BCUT2D eigenvalue weighted by molar-refractivity contribution is 1.08. The van der Waals surface area contributed by atoms with E-state index in [2.05, 4.69) is 162 Å². The molecule has 51 heavy (non-hydrogen) atoms. The fraction of sp³-hybridized carbons (Fsp3) is 0. The highest BCUT2D eigenvalue weighted by molar-refractivity contribution is 7.26. The van der Waals surface area contributed by atoms with Gasteiger partial charge in [-0.05, 0) is 48.5 Å². The second kappa shape index (κ2) is 11.2. The maximum absolute atomic E-state index is 5.37. The van der Waals surface area contributed by atoms with E-state index in [1.165, 1.54) is 40.3 Å². The van der Waals surface area contributed by atoms with Crippen LogP contribution >= 0.6 is 22.7 Å². The van der Waals surface area contributed by atoms with Gasteiger partial charge in [0.2, 0.25) is 0 Å². The van der Waals surface area contributed by atoms with Crippen LogP contribution in [0.4, 0.5) is 0 Å². The van der Waals surface area contributed by atoms with Crippen molar-refractivity contribution < 1.29 is 0 Å². The lowest BCUT2D eigenvalue weighted by Gasteiger charge is -2.11. The highest BCUT2D eigenvalue weighted by Gasteiger charge is 2.22. The largest absolute Gasteiger partial charge is 0.309 e. The Morgan fingerprint density at radius 3 is 1.69 bits per heavy atom. The Labute approximate surface area is 300 Å². The van der Waals surface area contributed by atoms with E-state index in [1.807, 2.05) is 11.3 Å². The summed E-state index contributed by atoms with van der Waals surface area (Å²) < 4.78 is 7.25. The summed E-state index contributed by atoms with van der Waals surface area (Å²) in [6.07, 6.45) is 0. The molecule has 0 aliphatic carbocycles. The summed E-state index contributed by atoms with van der Waals surface area (Å²) in [6.45, 7) is 0. The maximum Gasteiger partial charge on any atom is 0.165 e. The van der Waals surface area contributed by atoms with Gasteiger partial charge in [0.25, 0.3) is 0 Å². The second-order valence-corrected chi connectivity index (χ2v) is 14.9. The van der Waals surface area contributed by atoms with Gasteiger partial charge in [-0.2, -0.15) is 0 Å². The molecule has 0 bridgehead atoms. The molecule has 4 heterocycles. The zero-order valence-electron chi connectivity index (χ0n) is 27.1. The third kappa shape index (κ3) is 4.34. The Kier molecular flexibility index (Phi) is 6.26. The fourth-order valence-electron chi connectivity index (χ4n) is 7.68. The summed E-state index contributed by atoms with van der Waals surface area (Å²) in [4.78, 5) is 16.1. The molecule has 11 rings (SSSR count). The van der Waals surface area contributed by atoms with Crippen molar-refractivity contribution in [1.82, 2.24) is 19.5 Å². The Hall–Kier alpha value is -6.21. The van der Waals surface area contributed by atoms with E-state index in [0.717, 1.165) is 44.2 Å². The number of para-hydroxylation sites is 2. The molecule has 0 N–H and O–H groups in total. The number of fused-ring (bicyclic) bond motifs is 9. The highest BCUT2D eigenvalue weighted by atomic mass is 32.1. The molecule has 0 unspecified atom stereocenters. The Bertz CT molecular complexity index is 3150. The smallest absolute Gasteiger partial charge is 0.165 e. The quantitative estimate of drug-likeness (QED) is 0.185. The van der Waals surface area contributed by atoms with Crippen LogP contribution in [0.25, 0.3) is 102 Å². The molecule has 0 radical (unpaired) electrons. The maximum atomic E-state index is 5.37. The van der Waals surface area contributed by atoms with Crippen molar-refractivity contribution in [2.45, 2.75) is 0 Å². The molecule has 238 valence electrons. The third-order valence-electron chi connectivity index (χ3n) is 9.88. The van der Waals surface area contributed by atoms with Gasteiger partial charge in [-0.15, -0.1) is 22.7 Å². The monoisotopic (exact) mass is 686 g/mol. The first-order valence-corrected chi connectivity index (χ1v) is 18.6. The third-order valence-corrected chi connectivity index (χ3v) is 12.2. The van der Waals surface area contributed by atoms with Crippen LogP contribution in [0.5, 0.6) is 0 Å². The minimum absolute atomic E-state index is 0.659. The zero-order valence-corrected chi connectivity index (χ0v) is 28.7. The lowest BCUT2D eigenvalue weighted by Crippen LogP contribution is -2.01. The van der Waals surface area contributed by atoms with Crippen molar-refractivity contribution in [3.63, 3.8) is 0 Å². The number of nitrogens with zero attached hydrogens (tertiary/aromatic N) is 4. The summed E-state index contributed by atoms with van der Waals surface area (Å²) in [5.74, 6) is 2.00. The zero-order chi connectivity index (χ0) is 33.5. The van der Waals surface area contributed by atoms with Crippen molar-refractivity contribution >= 4 is 84.8 Å². The molecule has 6 heteroatoms. The number of aromatic nitrogens is 4. The van der Waals surface area contributed by atoms with E-state index in [9.17, 15) is 0 Å². The molecule has 0 aliphatic heterocycles. The first-order valence-electron chi connectivity index (χ1n) is 17.0. The predicted molar refractivity (Wildman–Crippen MR) is 216 cm³/mol. The highest BCUT2D eigenvalue weighted by Crippen LogP contribution is 2.43. The van der Waals surface area contributed by atoms with Crippen LogP contribution in [0.15, 0.2) is 158 Å². The van der Waals surface area contributed by atoms with Gasteiger partial charge in [0.05, 0.1) is 11.0 Å². The molecule has 11 aromatic rings. The Morgan fingerprint density at radius 2 is 0.882 bits per heavy atom. The number of thiophene rings is 2. The lowest BCUT2D eigenvalue weighted by atomic mass is 10.0. The Balaban J connectivity index is 1.25. The van der Waals surface area contributed by atoms with Gasteiger partial charge in [-0.25, -0.2) is 15.0 Å². The minimum Gasteiger partial charge on any atom is -0.309 e. The average molecular weight is 687 g/mol. The first kappa shape index (κ1) is 28.6. The molecule has 0 atom stereocenters. The summed E-state index contributed by atoms with van der Waals surface area (Å²) in [5.41, 5.74) is 6.38. The van der Waals surface area contributed by atoms with Gasteiger partial charge in [-0.1, -0.05) is 109 Å².